The average Bonchev–Trinajstić information content (AvgIpc) is 3.34. The molecule has 2 aromatic carbocycles. The molecule has 1 aliphatic heterocycles. The Morgan fingerprint density at radius 3 is 2.61 bits per heavy atom. The zero-order valence-corrected chi connectivity index (χ0v) is 19.4. The molecule has 2 aromatic heterocycles. The van der Waals surface area contributed by atoms with Gasteiger partial charge in [-0.15, -0.1) is 0 Å². The van der Waals surface area contributed by atoms with E-state index >= 15 is 0 Å². The van der Waals surface area contributed by atoms with Gasteiger partial charge >= 0.3 is 5.97 Å². The van der Waals surface area contributed by atoms with Crippen molar-refractivity contribution in [3.63, 3.8) is 0 Å². The van der Waals surface area contributed by atoms with Crippen molar-refractivity contribution >= 4 is 34.3 Å². The molecular formula is C26H23N3O3S. The van der Waals surface area contributed by atoms with Crippen molar-refractivity contribution in [2.75, 3.05) is 7.11 Å². The summed E-state index contributed by atoms with van der Waals surface area (Å²) in [5, 5.41) is 1.08. The van der Waals surface area contributed by atoms with Crippen LogP contribution in [0.25, 0.3) is 17.0 Å². The van der Waals surface area contributed by atoms with Crippen molar-refractivity contribution in [2.45, 2.75) is 19.4 Å². The Bertz CT molecular complexity index is 1590. The molecule has 1 aliphatic rings. The highest BCUT2D eigenvalue weighted by atomic mass is 32.1. The van der Waals surface area contributed by atoms with E-state index in [9.17, 15) is 9.59 Å². The average molecular weight is 458 g/mol. The minimum Gasteiger partial charge on any atom is -0.466 e. The number of hydrogen-bond acceptors (Lipinski definition) is 5. The lowest BCUT2D eigenvalue weighted by Crippen LogP contribution is -2.40. The normalized spacial score (nSPS) is 16.1. The molecule has 3 heterocycles. The molecule has 6 nitrogen and oxygen atoms in total. The van der Waals surface area contributed by atoms with Gasteiger partial charge in [0, 0.05) is 29.7 Å². The predicted molar refractivity (Wildman–Crippen MR) is 130 cm³/mol. The van der Waals surface area contributed by atoms with E-state index in [-0.39, 0.29) is 5.56 Å². The number of hydrogen-bond donors (Lipinski definition) is 0. The molecule has 5 rings (SSSR count). The monoisotopic (exact) mass is 457 g/mol. The van der Waals surface area contributed by atoms with Gasteiger partial charge in [0.05, 0.1) is 29.0 Å². The van der Waals surface area contributed by atoms with E-state index in [4.69, 9.17) is 9.73 Å². The maximum absolute atomic E-state index is 13.7. The van der Waals surface area contributed by atoms with Gasteiger partial charge < -0.3 is 9.30 Å². The molecule has 0 N–H and O–H groups in total. The molecule has 7 heteroatoms. The van der Waals surface area contributed by atoms with E-state index in [0.717, 1.165) is 22.0 Å². The van der Waals surface area contributed by atoms with E-state index < -0.39 is 12.0 Å². The first-order chi connectivity index (χ1) is 16.0. The smallest absolute Gasteiger partial charge is 0.338 e. The maximum Gasteiger partial charge on any atom is 0.338 e. The number of thiazole rings is 1. The van der Waals surface area contributed by atoms with E-state index in [1.807, 2.05) is 68.7 Å². The SMILES string of the molecule is CCC1=C(C(=O)OC)[C@H](c2ccccc2)n2c(s/c(=C/c3cn(C)c4ccccc34)c2=O)=N1. The fourth-order valence-electron chi connectivity index (χ4n) is 4.44. The number of aryl methyl sites for hydroxylation is 1. The molecule has 0 bridgehead atoms. The summed E-state index contributed by atoms with van der Waals surface area (Å²) in [7, 11) is 3.35. The lowest BCUT2D eigenvalue weighted by molar-refractivity contribution is -0.136. The maximum atomic E-state index is 13.7. The minimum absolute atomic E-state index is 0.169. The fraction of sp³-hybridized carbons (Fsp3) is 0.192. The highest BCUT2D eigenvalue weighted by molar-refractivity contribution is 7.07. The van der Waals surface area contributed by atoms with Crippen molar-refractivity contribution in [3.8, 4) is 0 Å². The highest BCUT2D eigenvalue weighted by Crippen LogP contribution is 2.31. The second kappa shape index (κ2) is 8.33. The summed E-state index contributed by atoms with van der Waals surface area (Å²) in [6.07, 6.45) is 4.50. The minimum atomic E-state index is -0.584. The van der Waals surface area contributed by atoms with Crippen molar-refractivity contribution in [2.24, 2.45) is 12.0 Å². The summed E-state index contributed by atoms with van der Waals surface area (Å²) < 4.78 is 9.36. The van der Waals surface area contributed by atoms with Gasteiger partial charge in [-0.3, -0.25) is 9.36 Å². The van der Waals surface area contributed by atoms with Crippen molar-refractivity contribution < 1.29 is 9.53 Å². The number of carbonyl (C=O) groups is 1. The number of rotatable bonds is 4. The van der Waals surface area contributed by atoms with E-state index in [2.05, 4.69) is 16.7 Å². The molecule has 0 radical (unpaired) electrons. The van der Waals surface area contributed by atoms with Gasteiger partial charge in [0.25, 0.3) is 5.56 Å². The Labute approximate surface area is 194 Å². The second-order valence-corrected chi connectivity index (χ2v) is 8.92. The zero-order valence-electron chi connectivity index (χ0n) is 18.6. The molecule has 166 valence electrons. The number of fused-ring (bicyclic) bond motifs is 2. The van der Waals surface area contributed by atoms with Gasteiger partial charge in [0.15, 0.2) is 4.80 Å². The Kier molecular flexibility index (Phi) is 5.34. The standard InChI is InChI=1S/C26H23N3O3S/c1-4-19-22(25(31)32-3)23(16-10-6-5-7-11-16)29-24(30)21(33-26(29)27-19)14-17-15-28(2)20-13-9-8-12-18(17)20/h5-15,23H,4H2,1-3H3/b21-14+/t23-/m0/s1. The molecule has 0 fully saturated rings. The van der Waals surface area contributed by atoms with E-state index in [1.165, 1.54) is 18.4 Å². The van der Waals surface area contributed by atoms with Crippen LogP contribution in [-0.2, 0) is 16.6 Å². The molecule has 4 aromatic rings. The molecule has 0 unspecified atom stereocenters. The van der Waals surface area contributed by atoms with Gasteiger partial charge in [0.2, 0.25) is 0 Å². The largest absolute Gasteiger partial charge is 0.466 e. The number of para-hydroxylation sites is 1. The first kappa shape index (κ1) is 21.2. The third-order valence-electron chi connectivity index (χ3n) is 5.98. The summed E-state index contributed by atoms with van der Waals surface area (Å²) in [6.45, 7) is 1.95. The van der Waals surface area contributed by atoms with Gasteiger partial charge in [-0.25, -0.2) is 9.79 Å². The first-order valence-electron chi connectivity index (χ1n) is 10.8. The van der Waals surface area contributed by atoms with Crippen LogP contribution in [0, 0.1) is 0 Å². The van der Waals surface area contributed by atoms with Crippen LogP contribution in [0.2, 0.25) is 0 Å². The molecule has 1 atom stereocenters. The second-order valence-electron chi connectivity index (χ2n) is 7.91. The fourth-order valence-corrected chi connectivity index (χ4v) is 5.45. The summed E-state index contributed by atoms with van der Waals surface area (Å²) >= 11 is 1.35. The van der Waals surface area contributed by atoms with Gasteiger partial charge in [-0.1, -0.05) is 66.8 Å². The van der Waals surface area contributed by atoms with Crippen LogP contribution in [0.1, 0.15) is 30.5 Å². The van der Waals surface area contributed by atoms with Gasteiger partial charge in [-0.05, 0) is 24.1 Å². The third kappa shape index (κ3) is 3.45. The molecule has 0 saturated carbocycles. The number of nitrogens with zero attached hydrogens (tertiary/aromatic N) is 3. The Morgan fingerprint density at radius 2 is 1.88 bits per heavy atom. The van der Waals surface area contributed by atoms with Gasteiger partial charge in [-0.2, -0.15) is 0 Å². The van der Waals surface area contributed by atoms with Crippen LogP contribution in [0.5, 0.6) is 0 Å². The molecule has 0 spiro atoms. The summed E-state index contributed by atoms with van der Waals surface area (Å²) in [5.41, 5.74) is 3.80. The number of benzene rings is 2. The number of allylic oxidation sites excluding steroid dienone is 1. The third-order valence-corrected chi connectivity index (χ3v) is 6.96. The Hall–Kier alpha value is -3.71. The number of ether oxygens (including phenoxy) is 1. The molecule has 0 saturated heterocycles. The molecule has 33 heavy (non-hydrogen) atoms. The van der Waals surface area contributed by atoms with Crippen molar-refractivity contribution in [1.82, 2.24) is 9.13 Å². The van der Waals surface area contributed by atoms with E-state index in [1.54, 1.807) is 4.57 Å². The quantitative estimate of drug-likeness (QED) is 0.442. The number of aromatic nitrogens is 2. The van der Waals surface area contributed by atoms with Gasteiger partial charge in [0.1, 0.15) is 0 Å². The lowest BCUT2D eigenvalue weighted by Gasteiger charge is -2.25. The van der Waals surface area contributed by atoms with Crippen LogP contribution in [-0.4, -0.2) is 22.2 Å². The van der Waals surface area contributed by atoms with Crippen molar-refractivity contribution in [3.05, 3.63) is 103 Å². The van der Waals surface area contributed by atoms with Crippen LogP contribution >= 0.6 is 11.3 Å². The lowest BCUT2D eigenvalue weighted by atomic mass is 9.95. The van der Waals surface area contributed by atoms with Crippen LogP contribution < -0.4 is 14.9 Å². The molecule has 0 amide bonds. The predicted octanol–water partition coefficient (Wildman–Crippen LogP) is 3.29. The Morgan fingerprint density at radius 1 is 1.15 bits per heavy atom. The van der Waals surface area contributed by atoms with Crippen LogP contribution in [0.3, 0.4) is 0 Å². The van der Waals surface area contributed by atoms with E-state index in [0.29, 0.717) is 27.0 Å². The molecular weight excluding hydrogens is 434 g/mol. The topological polar surface area (TPSA) is 65.6 Å². The van der Waals surface area contributed by atoms with Crippen molar-refractivity contribution in [1.29, 1.82) is 0 Å². The Balaban J connectivity index is 1.79. The summed E-state index contributed by atoms with van der Waals surface area (Å²) in [4.78, 5) is 31.8. The van der Waals surface area contributed by atoms with Crippen LogP contribution in [0.15, 0.2) is 81.9 Å². The summed E-state index contributed by atoms with van der Waals surface area (Å²) in [6, 6.07) is 17.1. The number of esters is 1. The zero-order chi connectivity index (χ0) is 23.1. The van der Waals surface area contributed by atoms with Crippen LogP contribution in [0.4, 0.5) is 0 Å². The first-order valence-corrected chi connectivity index (χ1v) is 11.6. The summed E-state index contributed by atoms with van der Waals surface area (Å²) in [5.74, 6) is -0.465. The number of methoxy groups -OCH3 is 1. The molecule has 0 aliphatic carbocycles. The number of carbonyl (C=O) groups excluding carboxylic acids is 1. The highest BCUT2D eigenvalue weighted by Gasteiger charge is 2.33.